The van der Waals surface area contributed by atoms with Crippen LogP contribution in [-0.2, 0) is 7.05 Å². The number of carbonyl (C=O) groups excluding carboxylic acids is 1. The molecule has 1 aliphatic heterocycles. The molecule has 1 atom stereocenters. The molecule has 3 heterocycles. The molecule has 1 saturated heterocycles. The van der Waals surface area contributed by atoms with Crippen molar-refractivity contribution in [2.75, 3.05) is 13.1 Å². The summed E-state index contributed by atoms with van der Waals surface area (Å²) in [7, 11) is 1.73. The second-order valence-electron chi connectivity index (χ2n) is 8.04. The summed E-state index contributed by atoms with van der Waals surface area (Å²) in [6.07, 6.45) is 4.52. The van der Waals surface area contributed by atoms with Crippen LogP contribution < -0.4 is 5.56 Å². The first kappa shape index (κ1) is 19.4. The Balaban J connectivity index is 1.52. The molecule has 0 spiro atoms. The highest BCUT2D eigenvalue weighted by Crippen LogP contribution is 2.24. The number of aromatic nitrogens is 3. The van der Waals surface area contributed by atoms with Crippen molar-refractivity contribution < 1.29 is 9.90 Å². The van der Waals surface area contributed by atoms with Gasteiger partial charge in [0.1, 0.15) is 0 Å². The summed E-state index contributed by atoms with van der Waals surface area (Å²) >= 11 is 0. The van der Waals surface area contributed by atoms with Crippen LogP contribution in [0.1, 0.15) is 23.2 Å². The van der Waals surface area contributed by atoms with Gasteiger partial charge in [0, 0.05) is 42.8 Å². The molecule has 0 aliphatic carbocycles. The van der Waals surface area contributed by atoms with Crippen molar-refractivity contribution in [2.45, 2.75) is 18.9 Å². The van der Waals surface area contributed by atoms with Gasteiger partial charge >= 0.3 is 0 Å². The van der Waals surface area contributed by atoms with Crippen LogP contribution in [0.15, 0.2) is 59.7 Å². The van der Waals surface area contributed by atoms with E-state index in [-0.39, 0.29) is 11.5 Å². The number of likely N-dealkylation sites (tertiary alicyclic amines) is 1. The van der Waals surface area contributed by atoms with Gasteiger partial charge in [0.15, 0.2) is 0 Å². The lowest BCUT2D eigenvalue weighted by molar-refractivity contribution is 0.0474. The molecule has 4 aromatic rings. The van der Waals surface area contributed by atoms with E-state index in [1.165, 1.54) is 0 Å². The Morgan fingerprint density at radius 2 is 2.00 bits per heavy atom. The lowest BCUT2D eigenvalue weighted by atomic mass is 10.1. The second-order valence-corrected chi connectivity index (χ2v) is 8.04. The number of pyridine rings is 1. The molecule has 7 heteroatoms. The van der Waals surface area contributed by atoms with E-state index in [9.17, 15) is 14.7 Å². The predicted octanol–water partition coefficient (Wildman–Crippen LogP) is 2.75. The molecule has 0 bridgehead atoms. The summed E-state index contributed by atoms with van der Waals surface area (Å²) in [4.78, 5) is 36.1. The molecular formula is C24H22N4O3. The molecule has 1 N–H and O–H groups in total. The smallest absolute Gasteiger partial charge is 0.258 e. The summed E-state index contributed by atoms with van der Waals surface area (Å²) in [5, 5.41) is 11.4. The number of fused-ring (bicyclic) bond motifs is 2. The molecule has 31 heavy (non-hydrogen) atoms. The maximum Gasteiger partial charge on any atom is 0.258 e. The number of amides is 1. The number of aryl methyl sites for hydroxylation is 1. The summed E-state index contributed by atoms with van der Waals surface area (Å²) in [5.41, 5.74) is 3.35. The number of piperidine rings is 1. The molecule has 0 saturated carbocycles. The first-order valence-corrected chi connectivity index (χ1v) is 10.3. The van der Waals surface area contributed by atoms with Gasteiger partial charge in [0.2, 0.25) is 0 Å². The fourth-order valence-corrected chi connectivity index (χ4v) is 4.11. The molecule has 7 nitrogen and oxygen atoms in total. The lowest BCUT2D eigenvalue weighted by Gasteiger charge is -2.30. The monoisotopic (exact) mass is 414 g/mol. The van der Waals surface area contributed by atoms with Crippen molar-refractivity contribution in [3.05, 3.63) is 70.8 Å². The topological polar surface area (TPSA) is 88.3 Å². The molecule has 1 aliphatic rings. The van der Waals surface area contributed by atoms with Gasteiger partial charge in [-0.1, -0.05) is 6.07 Å². The van der Waals surface area contributed by atoms with E-state index in [1.807, 2.05) is 18.2 Å². The van der Waals surface area contributed by atoms with Gasteiger partial charge in [0.05, 0.1) is 29.0 Å². The highest BCUT2D eigenvalue weighted by molar-refractivity contribution is 5.97. The molecular weight excluding hydrogens is 392 g/mol. The van der Waals surface area contributed by atoms with Crippen LogP contribution in [0.4, 0.5) is 0 Å². The lowest BCUT2D eigenvalue weighted by Crippen LogP contribution is -2.42. The van der Waals surface area contributed by atoms with Crippen molar-refractivity contribution in [3.63, 3.8) is 0 Å². The first-order chi connectivity index (χ1) is 15.0. The molecule has 1 fully saturated rings. The predicted molar refractivity (Wildman–Crippen MR) is 119 cm³/mol. The third-order valence-corrected chi connectivity index (χ3v) is 5.85. The average molecular weight is 414 g/mol. The Kier molecular flexibility index (Phi) is 4.75. The van der Waals surface area contributed by atoms with E-state index in [4.69, 9.17) is 4.98 Å². The Morgan fingerprint density at radius 3 is 2.84 bits per heavy atom. The number of aliphatic hydroxyl groups excluding tert-OH is 1. The minimum absolute atomic E-state index is 0.0420. The van der Waals surface area contributed by atoms with E-state index >= 15 is 0 Å². The van der Waals surface area contributed by atoms with E-state index in [2.05, 4.69) is 4.98 Å². The van der Waals surface area contributed by atoms with Crippen LogP contribution in [-0.4, -0.2) is 49.6 Å². The highest BCUT2D eigenvalue weighted by Gasteiger charge is 2.23. The number of aliphatic hydroxyl groups is 1. The molecule has 0 radical (unpaired) electrons. The Morgan fingerprint density at radius 1 is 1.13 bits per heavy atom. The minimum Gasteiger partial charge on any atom is -0.391 e. The zero-order valence-electron chi connectivity index (χ0n) is 17.2. The Hall–Kier alpha value is -3.58. The quantitative estimate of drug-likeness (QED) is 0.545. The van der Waals surface area contributed by atoms with Crippen molar-refractivity contribution in [2.24, 2.45) is 7.05 Å². The van der Waals surface area contributed by atoms with Gasteiger partial charge in [-0.05, 0) is 54.6 Å². The number of β-amino-alcohol motifs (C(OH)–C–C–N with tert-alkyl or cyclic N) is 1. The SMILES string of the molecule is Cn1ccc2cc(-c3cnc4ccc(C(=O)N5CCC[C@@H](O)C5)cc4n3)ccc2c1=O. The molecule has 1 amide bonds. The standard InChI is InChI=1S/C24H22N4O3/c1-27-10-8-15-11-16(4-6-19(15)24(27)31)22-13-25-20-7-5-17(12-21(20)26-22)23(30)28-9-2-3-18(29)14-28/h4-8,10-13,18,29H,2-3,9,14H2,1H3/t18-/m1/s1. The summed E-state index contributed by atoms with van der Waals surface area (Å²) < 4.78 is 1.55. The van der Waals surface area contributed by atoms with Crippen LogP contribution in [0.3, 0.4) is 0 Å². The van der Waals surface area contributed by atoms with Crippen LogP contribution >= 0.6 is 0 Å². The third-order valence-electron chi connectivity index (χ3n) is 5.85. The molecule has 156 valence electrons. The number of benzene rings is 2. The maximum atomic E-state index is 12.9. The molecule has 5 rings (SSSR count). The van der Waals surface area contributed by atoms with Crippen LogP contribution in [0.2, 0.25) is 0 Å². The van der Waals surface area contributed by atoms with Crippen LogP contribution in [0.5, 0.6) is 0 Å². The number of hydrogen-bond acceptors (Lipinski definition) is 5. The van der Waals surface area contributed by atoms with Gasteiger partial charge in [-0.15, -0.1) is 0 Å². The zero-order chi connectivity index (χ0) is 21.5. The van der Waals surface area contributed by atoms with E-state index < -0.39 is 6.10 Å². The highest BCUT2D eigenvalue weighted by atomic mass is 16.3. The molecule has 2 aromatic heterocycles. The number of nitrogens with zero attached hydrogens (tertiary/aromatic N) is 4. The van der Waals surface area contributed by atoms with Gasteiger partial charge in [0.25, 0.3) is 11.5 Å². The Bertz CT molecular complexity index is 1380. The Labute approximate surface area is 178 Å². The van der Waals surface area contributed by atoms with Crippen molar-refractivity contribution in [1.29, 1.82) is 0 Å². The minimum atomic E-state index is -0.464. The van der Waals surface area contributed by atoms with E-state index in [1.54, 1.807) is 53.2 Å². The normalized spacial score (nSPS) is 16.7. The van der Waals surface area contributed by atoms with Crippen molar-refractivity contribution in [1.82, 2.24) is 19.4 Å². The van der Waals surface area contributed by atoms with Gasteiger partial charge in [-0.25, -0.2) is 4.98 Å². The zero-order valence-corrected chi connectivity index (χ0v) is 17.2. The number of carbonyl (C=O) groups is 1. The van der Waals surface area contributed by atoms with Gasteiger partial charge in [-0.2, -0.15) is 0 Å². The van der Waals surface area contributed by atoms with Gasteiger partial charge < -0.3 is 14.6 Å². The van der Waals surface area contributed by atoms with Crippen LogP contribution in [0, 0.1) is 0 Å². The average Bonchev–Trinajstić information content (AvgIpc) is 2.80. The van der Waals surface area contributed by atoms with Gasteiger partial charge in [-0.3, -0.25) is 14.6 Å². The summed E-state index contributed by atoms with van der Waals surface area (Å²) in [6.45, 7) is 1.01. The third kappa shape index (κ3) is 3.57. The number of hydrogen-bond donors (Lipinski definition) is 1. The first-order valence-electron chi connectivity index (χ1n) is 10.3. The van der Waals surface area contributed by atoms with Crippen molar-refractivity contribution >= 4 is 27.7 Å². The number of rotatable bonds is 2. The van der Waals surface area contributed by atoms with E-state index in [0.29, 0.717) is 40.8 Å². The fraction of sp³-hybridized carbons (Fsp3) is 0.250. The second kappa shape index (κ2) is 7.59. The molecule has 0 unspecified atom stereocenters. The molecule has 2 aromatic carbocycles. The largest absolute Gasteiger partial charge is 0.391 e. The summed E-state index contributed by atoms with van der Waals surface area (Å²) in [5.74, 6) is -0.102. The van der Waals surface area contributed by atoms with Crippen LogP contribution in [0.25, 0.3) is 33.1 Å². The maximum absolute atomic E-state index is 12.9. The van der Waals surface area contributed by atoms with Crippen molar-refractivity contribution in [3.8, 4) is 11.3 Å². The fourth-order valence-electron chi connectivity index (χ4n) is 4.11. The summed E-state index contributed by atoms with van der Waals surface area (Å²) in [6, 6.07) is 12.8. The van der Waals surface area contributed by atoms with E-state index in [0.717, 1.165) is 23.8 Å².